The van der Waals surface area contributed by atoms with Gasteiger partial charge in [-0.3, -0.25) is 9.52 Å². The zero-order chi connectivity index (χ0) is 12.9. The van der Waals surface area contributed by atoms with Crippen LogP contribution in [0.4, 0.5) is 10.1 Å². The number of carbonyl (C=O) groups is 1. The number of hydrogen-bond acceptors (Lipinski definition) is 3. The molecule has 0 unspecified atom stereocenters. The maximum absolute atomic E-state index is 13.5. The molecule has 0 saturated carbocycles. The molecular weight excluding hydrogens is 247 g/mol. The summed E-state index contributed by atoms with van der Waals surface area (Å²) in [6.07, 6.45) is 0.949. The van der Waals surface area contributed by atoms with Gasteiger partial charge in [-0.25, -0.2) is 4.39 Å². The van der Waals surface area contributed by atoms with Gasteiger partial charge < -0.3 is 0 Å². The minimum atomic E-state index is -3.80. The van der Waals surface area contributed by atoms with Crippen LogP contribution in [0.3, 0.4) is 0 Å². The summed E-state index contributed by atoms with van der Waals surface area (Å²) in [6, 6.07) is 3.90. The molecule has 0 amide bonds. The molecule has 5 nitrogen and oxygen atoms in total. The Morgan fingerprint density at radius 2 is 2.12 bits per heavy atom. The van der Waals surface area contributed by atoms with Gasteiger partial charge in [0.05, 0.1) is 11.3 Å². The standard InChI is InChI=1S/C10H13FN2O3S/c1-2-6-12-17(15,16)13-9-5-3-4-8(7-14)10(9)11/h3-5,7,12-13H,2,6H2,1H3. The number of hydrogen-bond donors (Lipinski definition) is 2. The highest BCUT2D eigenvalue weighted by atomic mass is 32.2. The van der Waals surface area contributed by atoms with Crippen LogP contribution in [-0.2, 0) is 10.2 Å². The Hall–Kier alpha value is -1.47. The summed E-state index contributed by atoms with van der Waals surface area (Å²) in [5.74, 6) is -0.885. The first kappa shape index (κ1) is 13.6. The number of carbonyl (C=O) groups excluding carboxylic acids is 1. The van der Waals surface area contributed by atoms with E-state index in [4.69, 9.17) is 0 Å². The number of aldehydes is 1. The third kappa shape index (κ3) is 3.79. The van der Waals surface area contributed by atoms with Gasteiger partial charge in [-0.05, 0) is 18.6 Å². The van der Waals surface area contributed by atoms with Gasteiger partial charge in [-0.15, -0.1) is 0 Å². The molecule has 7 heteroatoms. The van der Waals surface area contributed by atoms with E-state index in [1.54, 1.807) is 6.92 Å². The third-order valence-electron chi connectivity index (χ3n) is 1.94. The van der Waals surface area contributed by atoms with Crippen molar-refractivity contribution in [3.8, 4) is 0 Å². The summed E-state index contributed by atoms with van der Waals surface area (Å²) in [5.41, 5.74) is -0.445. The van der Waals surface area contributed by atoms with E-state index in [2.05, 4.69) is 4.72 Å². The zero-order valence-electron chi connectivity index (χ0n) is 9.23. The lowest BCUT2D eigenvalue weighted by molar-refractivity contribution is 0.112. The molecule has 0 saturated heterocycles. The van der Waals surface area contributed by atoms with Crippen LogP contribution in [0.1, 0.15) is 23.7 Å². The van der Waals surface area contributed by atoms with Crippen LogP contribution in [0.25, 0.3) is 0 Å². The Bertz CT molecular complexity index is 502. The fourth-order valence-electron chi connectivity index (χ4n) is 1.14. The van der Waals surface area contributed by atoms with Gasteiger partial charge in [-0.2, -0.15) is 13.1 Å². The summed E-state index contributed by atoms with van der Waals surface area (Å²) in [5, 5.41) is 0. The van der Waals surface area contributed by atoms with Crippen molar-refractivity contribution in [3.05, 3.63) is 29.6 Å². The molecule has 0 spiro atoms. The van der Waals surface area contributed by atoms with E-state index in [1.807, 2.05) is 4.72 Å². The highest BCUT2D eigenvalue weighted by Crippen LogP contribution is 2.17. The molecule has 0 aliphatic rings. The second-order valence-corrected chi connectivity index (χ2v) is 4.83. The molecule has 1 aromatic rings. The quantitative estimate of drug-likeness (QED) is 0.757. The maximum atomic E-state index is 13.5. The van der Waals surface area contributed by atoms with Crippen molar-refractivity contribution in [3.63, 3.8) is 0 Å². The first-order chi connectivity index (χ1) is 8.00. The molecule has 0 heterocycles. The average Bonchev–Trinajstić information content (AvgIpc) is 2.29. The van der Waals surface area contributed by atoms with Crippen molar-refractivity contribution < 1.29 is 17.6 Å². The van der Waals surface area contributed by atoms with E-state index in [1.165, 1.54) is 18.2 Å². The Balaban J connectivity index is 2.92. The molecular formula is C10H13FN2O3S. The predicted molar refractivity (Wildman–Crippen MR) is 62.6 cm³/mol. The first-order valence-electron chi connectivity index (χ1n) is 5.01. The predicted octanol–water partition coefficient (Wildman–Crippen LogP) is 1.29. The maximum Gasteiger partial charge on any atom is 0.299 e. The molecule has 94 valence electrons. The van der Waals surface area contributed by atoms with Crippen molar-refractivity contribution in [1.82, 2.24) is 4.72 Å². The Kier molecular flexibility index (Phi) is 4.59. The molecule has 0 radical (unpaired) electrons. The molecule has 1 aromatic carbocycles. The van der Waals surface area contributed by atoms with Crippen LogP contribution in [0, 0.1) is 5.82 Å². The van der Waals surface area contributed by atoms with Gasteiger partial charge in [0, 0.05) is 6.54 Å². The fraction of sp³-hybridized carbons (Fsp3) is 0.300. The minimum Gasteiger partial charge on any atom is -0.298 e. The Morgan fingerprint density at radius 3 is 2.71 bits per heavy atom. The average molecular weight is 260 g/mol. The van der Waals surface area contributed by atoms with Crippen LogP contribution in [0.5, 0.6) is 0 Å². The third-order valence-corrected chi connectivity index (χ3v) is 3.01. The molecule has 1 rings (SSSR count). The van der Waals surface area contributed by atoms with E-state index in [9.17, 15) is 17.6 Å². The molecule has 0 aliphatic carbocycles. The summed E-state index contributed by atoms with van der Waals surface area (Å²) < 4.78 is 40.7. The van der Waals surface area contributed by atoms with Gasteiger partial charge >= 0.3 is 0 Å². The largest absolute Gasteiger partial charge is 0.299 e. The number of halogens is 1. The van der Waals surface area contributed by atoms with E-state index >= 15 is 0 Å². The highest BCUT2D eigenvalue weighted by molar-refractivity contribution is 7.90. The molecule has 0 fully saturated rings. The fourth-order valence-corrected chi connectivity index (χ4v) is 2.13. The number of anilines is 1. The molecule has 0 aliphatic heterocycles. The molecule has 0 atom stereocenters. The van der Waals surface area contributed by atoms with E-state index in [-0.39, 0.29) is 17.8 Å². The zero-order valence-corrected chi connectivity index (χ0v) is 10.1. The lowest BCUT2D eigenvalue weighted by atomic mass is 10.2. The summed E-state index contributed by atoms with van der Waals surface area (Å²) in [7, 11) is -3.80. The summed E-state index contributed by atoms with van der Waals surface area (Å²) >= 11 is 0. The summed E-state index contributed by atoms with van der Waals surface area (Å²) in [4.78, 5) is 10.5. The number of benzene rings is 1. The molecule has 17 heavy (non-hydrogen) atoms. The van der Waals surface area contributed by atoms with Crippen molar-refractivity contribution in [2.24, 2.45) is 0 Å². The van der Waals surface area contributed by atoms with E-state index in [0.29, 0.717) is 12.7 Å². The van der Waals surface area contributed by atoms with Crippen molar-refractivity contribution in [1.29, 1.82) is 0 Å². The second-order valence-electron chi connectivity index (χ2n) is 3.33. The topological polar surface area (TPSA) is 75.3 Å². The monoisotopic (exact) mass is 260 g/mol. The van der Waals surface area contributed by atoms with Crippen LogP contribution >= 0.6 is 0 Å². The van der Waals surface area contributed by atoms with E-state index in [0.717, 1.165) is 0 Å². The Labute approximate surface area is 99.2 Å². The van der Waals surface area contributed by atoms with Gasteiger partial charge in [0.15, 0.2) is 12.1 Å². The van der Waals surface area contributed by atoms with Gasteiger partial charge in [0.2, 0.25) is 0 Å². The van der Waals surface area contributed by atoms with Crippen LogP contribution in [0.15, 0.2) is 18.2 Å². The van der Waals surface area contributed by atoms with Crippen molar-refractivity contribution in [2.75, 3.05) is 11.3 Å². The lowest BCUT2D eigenvalue weighted by Gasteiger charge is -2.09. The van der Waals surface area contributed by atoms with Crippen LogP contribution < -0.4 is 9.44 Å². The summed E-state index contributed by atoms with van der Waals surface area (Å²) in [6.45, 7) is 2.06. The molecule has 2 N–H and O–H groups in total. The second kappa shape index (κ2) is 5.74. The smallest absolute Gasteiger partial charge is 0.298 e. The van der Waals surface area contributed by atoms with Gasteiger partial charge in [-0.1, -0.05) is 13.0 Å². The number of nitrogens with one attached hydrogen (secondary N) is 2. The van der Waals surface area contributed by atoms with Gasteiger partial charge in [0.1, 0.15) is 0 Å². The SMILES string of the molecule is CCCNS(=O)(=O)Nc1cccc(C=O)c1F. The normalized spacial score (nSPS) is 11.2. The van der Waals surface area contributed by atoms with Crippen LogP contribution in [0.2, 0.25) is 0 Å². The highest BCUT2D eigenvalue weighted by Gasteiger charge is 2.13. The Morgan fingerprint density at radius 1 is 1.41 bits per heavy atom. The van der Waals surface area contributed by atoms with Crippen molar-refractivity contribution in [2.45, 2.75) is 13.3 Å². The minimum absolute atomic E-state index is 0.194. The molecule has 0 bridgehead atoms. The van der Waals surface area contributed by atoms with Crippen LogP contribution in [-0.4, -0.2) is 21.2 Å². The number of rotatable bonds is 6. The van der Waals surface area contributed by atoms with Gasteiger partial charge in [0.25, 0.3) is 10.2 Å². The molecule has 0 aromatic heterocycles. The van der Waals surface area contributed by atoms with Crippen molar-refractivity contribution >= 4 is 22.2 Å². The first-order valence-corrected chi connectivity index (χ1v) is 6.49. The lowest BCUT2D eigenvalue weighted by Crippen LogP contribution is -2.31. The van der Waals surface area contributed by atoms with E-state index < -0.39 is 16.0 Å².